The van der Waals surface area contributed by atoms with Gasteiger partial charge in [0.1, 0.15) is 17.3 Å². The number of ether oxygens (including phenoxy) is 1. The fourth-order valence-electron chi connectivity index (χ4n) is 3.11. The van der Waals surface area contributed by atoms with Crippen molar-refractivity contribution >= 4 is 0 Å². The highest BCUT2D eigenvalue weighted by Crippen LogP contribution is 2.33. The molecule has 1 aliphatic rings. The van der Waals surface area contributed by atoms with Crippen molar-refractivity contribution in [1.29, 1.82) is 0 Å². The molecule has 2 aromatic heterocycles. The largest absolute Gasteiger partial charge is 0.380 e. The van der Waals surface area contributed by atoms with Crippen LogP contribution in [0.1, 0.15) is 36.8 Å². The van der Waals surface area contributed by atoms with Crippen LogP contribution in [0.2, 0.25) is 0 Å². The Balaban J connectivity index is 1.89. The number of nitrogens with zero attached hydrogens (tertiary/aromatic N) is 5. The first-order valence-corrected chi connectivity index (χ1v) is 7.29. The maximum atomic E-state index is 6.22. The van der Waals surface area contributed by atoms with Crippen LogP contribution in [0.3, 0.4) is 0 Å². The first kappa shape index (κ1) is 14.2. The van der Waals surface area contributed by atoms with Gasteiger partial charge in [-0.2, -0.15) is 10.2 Å². The molecule has 2 N–H and O–H groups in total. The summed E-state index contributed by atoms with van der Waals surface area (Å²) in [6.45, 7) is 1.91. The Morgan fingerprint density at radius 1 is 1.38 bits per heavy atom. The molecular formula is C14H22N6O. The fraction of sp³-hybridized carbons (Fsp3) is 0.643. The van der Waals surface area contributed by atoms with E-state index in [1.165, 1.54) is 0 Å². The van der Waals surface area contributed by atoms with Gasteiger partial charge < -0.3 is 10.5 Å². The lowest BCUT2D eigenvalue weighted by molar-refractivity contribution is 0.0482. The predicted octanol–water partition coefficient (Wildman–Crippen LogP) is 0.919. The first-order chi connectivity index (χ1) is 10.1. The highest BCUT2D eigenvalue weighted by Gasteiger charge is 2.32. The van der Waals surface area contributed by atoms with E-state index in [1.54, 1.807) is 18.0 Å². The minimum absolute atomic E-state index is 0.0492. The van der Waals surface area contributed by atoms with Gasteiger partial charge in [0.05, 0.1) is 18.5 Å². The van der Waals surface area contributed by atoms with Gasteiger partial charge >= 0.3 is 0 Å². The summed E-state index contributed by atoms with van der Waals surface area (Å²) in [7, 11) is 3.62. The van der Waals surface area contributed by atoms with Crippen LogP contribution >= 0.6 is 0 Å². The minimum Gasteiger partial charge on any atom is -0.380 e. The topological polar surface area (TPSA) is 83.8 Å². The number of aromatic nitrogens is 5. The second-order valence-corrected chi connectivity index (χ2v) is 5.75. The van der Waals surface area contributed by atoms with Gasteiger partial charge in [0.25, 0.3) is 0 Å². The molecule has 7 heteroatoms. The molecule has 114 valence electrons. The third-order valence-electron chi connectivity index (χ3n) is 4.18. The Kier molecular flexibility index (Phi) is 3.77. The van der Waals surface area contributed by atoms with Crippen LogP contribution in [0.5, 0.6) is 0 Å². The van der Waals surface area contributed by atoms with Crippen molar-refractivity contribution in [2.24, 2.45) is 12.8 Å². The summed E-state index contributed by atoms with van der Waals surface area (Å²) < 4.78 is 9.09. The molecule has 1 saturated carbocycles. The molecule has 0 aromatic carbocycles. The highest BCUT2D eigenvalue weighted by molar-refractivity contribution is 5.27. The van der Waals surface area contributed by atoms with Crippen molar-refractivity contribution in [3.8, 4) is 5.69 Å². The van der Waals surface area contributed by atoms with Crippen LogP contribution in [-0.4, -0.2) is 43.8 Å². The smallest absolute Gasteiger partial charge is 0.148 e. The first-order valence-electron chi connectivity index (χ1n) is 7.29. The van der Waals surface area contributed by atoms with Crippen LogP contribution in [-0.2, 0) is 11.8 Å². The minimum atomic E-state index is 0.0492. The summed E-state index contributed by atoms with van der Waals surface area (Å²) in [5, 5.41) is 8.73. The Hall–Kier alpha value is -1.73. The molecule has 7 nitrogen and oxygen atoms in total. The average Bonchev–Trinajstić information content (AvgIpc) is 3.04. The maximum absolute atomic E-state index is 6.22. The SMILES string of the molecule is CO[C@@H]1CC[C@H](c2nc(C)nn2-c2cnn(C)c2)C[C@H]1N. The lowest BCUT2D eigenvalue weighted by Gasteiger charge is -2.32. The van der Waals surface area contributed by atoms with Gasteiger partial charge in [-0.05, 0) is 26.2 Å². The molecule has 0 unspecified atom stereocenters. The lowest BCUT2D eigenvalue weighted by Crippen LogP contribution is -2.41. The second kappa shape index (κ2) is 5.57. The Bertz CT molecular complexity index is 619. The van der Waals surface area contributed by atoms with Crippen molar-refractivity contribution in [1.82, 2.24) is 24.5 Å². The third kappa shape index (κ3) is 2.71. The van der Waals surface area contributed by atoms with Crippen LogP contribution in [0.25, 0.3) is 5.69 Å². The highest BCUT2D eigenvalue weighted by atomic mass is 16.5. The van der Waals surface area contributed by atoms with E-state index in [4.69, 9.17) is 10.5 Å². The van der Waals surface area contributed by atoms with Crippen molar-refractivity contribution in [2.45, 2.75) is 44.2 Å². The van der Waals surface area contributed by atoms with E-state index in [9.17, 15) is 0 Å². The Morgan fingerprint density at radius 3 is 2.81 bits per heavy atom. The van der Waals surface area contributed by atoms with E-state index in [2.05, 4.69) is 15.2 Å². The quantitative estimate of drug-likeness (QED) is 0.908. The van der Waals surface area contributed by atoms with Gasteiger partial charge in [0, 0.05) is 26.1 Å². The molecule has 0 radical (unpaired) electrons. The number of hydrogen-bond donors (Lipinski definition) is 1. The van der Waals surface area contributed by atoms with E-state index in [0.29, 0.717) is 5.92 Å². The second-order valence-electron chi connectivity index (χ2n) is 5.75. The van der Waals surface area contributed by atoms with Gasteiger partial charge in [0.15, 0.2) is 0 Å². The van der Waals surface area contributed by atoms with Gasteiger partial charge in [0.2, 0.25) is 0 Å². The average molecular weight is 290 g/mol. The van der Waals surface area contributed by atoms with Crippen LogP contribution in [0.4, 0.5) is 0 Å². The molecule has 1 fully saturated rings. The third-order valence-corrected chi connectivity index (χ3v) is 4.18. The van der Waals surface area contributed by atoms with E-state index in [-0.39, 0.29) is 12.1 Å². The number of nitrogens with two attached hydrogens (primary N) is 1. The molecule has 0 spiro atoms. The van der Waals surface area contributed by atoms with Gasteiger partial charge in [-0.3, -0.25) is 4.68 Å². The summed E-state index contributed by atoms with van der Waals surface area (Å²) >= 11 is 0. The fourth-order valence-corrected chi connectivity index (χ4v) is 3.11. The van der Waals surface area contributed by atoms with Gasteiger partial charge in [-0.15, -0.1) is 0 Å². The molecule has 0 bridgehead atoms. The van der Waals surface area contributed by atoms with Crippen molar-refractivity contribution in [2.75, 3.05) is 7.11 Å². The van der Waals surface area contributed by atoms with Gasteiger partial charge in [-0.25, -0.2) is 9.67 Å². The molecule has 3 atom stereocenters. The molecule has 1 aliphatic carbocycles. The van der Waals surface area contributed by atoms with E-state index >= 15 is 0 Å². The summed E-state index contributed by atoms with van der Waals surface area (Å²) in [6.07, 6.45) is 6.75. The van der Waals surface area contributed by atoms with Crippen LogP contribution in [0, 0.1) is 6.92 Å². The zero-order chi connectivity index (χ0) is 15.0. The van der Waals surface area contributed by atoms with Gasteiger partial charge in [-0.1, -0.05) is 0 Å². The lowest BCUT2D eigenvalue weighted by atomic mass is 9.83. The number of hydrogen-bond acceptors (Lipinski definition) is 5. The zero-order valence-electron chi connectivity index (χ0n) is 12.7. The maximum Gasteiger partial charge on any atom is 0.148 e. The molecule has 0 aliphatic heterocycles. The summed E-state index contributed by atoms with van der Waals surface area (Å²) in [5.41, 5.74) is 7.16. The monoisotopic (exact) mass is 290 g/mol. The number of methoxy groups -OCH3 is 1. The summed E-state index contributed by atoms with van der Waals surface area (Å²) in [6, 6.07) is 0.0492. The molecule has 3 rings (SSSR count). The normalized spacial score (nSPS) is 26.2. The summed E-state index contributed by atoms with van der Waals surface area (Å²) in [5.74, 6) is 2.06. The Morgan fingerprint density at radius 2 is 2.19 bits per heavy atom. The van der Waals surface area contributed by atoms with Crippen molar-refractivity contribution in [3.05, 3.63) is 24.0 Å². The Labute approximate surface area is 124 Å². The molecule has 2 aromatic rings. The molecule has 2 heterocycles. The van der Waals surface area contributed by atoms with Crippen molar-refractivity contribution in [3.63, 3.8) is 0 Å². The van der Waals surface area contributed by atoms with E-state index in [0.717, 1.165) is 36.6 Å². The van der Waals surface area contributed by atoms with Crippen LogP contribution < -0.4 is 5.73 Å². The number of aryl methyl sites for hydroxylation is 2. The van der Waals surface area contributed by atoms with E-state index < -0.39 is 0 Å². The standard InChI is InChI=1S/C14H22N6O/c1-9-17-14(10-4-5-13(21-3)12(15)6-10)20(18-9)11-7-16-19(2)8-11/h7-8,10,12-13H,4-6,15H2,1-3H3/t10-,12+,13+/m0/s1. The zero-order valence-corrected chi connectivity index (χ0v) is 12.7. The predicted molar refractivity (Wildman–Crippen MR) is 78.2 cm³/mol. The molecule has 0 saturated heterocycles. The number of rotatable bonds is 3. The molecule has 21 heavy (non-hydrogen) atoms. The molecular weight excluding hydrogens is 268 g/mol. The summed E-state index contributed by atoms with van der Waals surface area (Å²) in [4.78, 5) is 4.62. The molecule has 0 amide bonds. The van der Waals surface area contributed by atoms with Crippen molar-refractivity contribution < 1.29 is 4.74 Å². The van der Waals surface area contributed by atoms with Crippen LogP contribution in [0.15, 0.2) is 12.4 Å². The van der Waals surface area contributed by atoms with E-state index in [1.807, 2.05) is 24.9 Å².